The largest absolute Gasteiger partial charge is 0.491 e. The molecule has 3 amide bonds. The van der Waals surface area contributed by atoms with Crippen LogP contribution in [0.25, 0.3) is 0 Å². The number of carbonyl (C=O) groups is 3. The molecule has 0 aromatic heterocycles. The van der Waals surface area contributed by atoms with Gasteiger partial charge in [-0.05, 0) is 81.0 Å². The van der Waals surface area contributed by atoms with Crippen molar-refractivity contribution in [1.29, 1.82) is 0 Å². The summed E-state index contributed by atoms with van der Waals surface area (Å²) < 4.78 is 5.54. The van der Waals surface area contributed by atoms with Gasteiger partial charge in [0.2, 0.25) is 5.91 Å². The van der Waals surface area contributed by atoms with Crippen molar-refractivity contribution < 1.29 is 19.1 Å². The van der Waals surface area contributed by atoms with E-state index >= 15 is 0 Å². The number of hydrogen-bond acceptors (Lipinski definition) is 5. The van der Waals surface area contributed by atoms with Gasteiger partial charge in [0.25, 0.3) is 11.8 Å². The first-order valence-corrected chi connectivity index (χ1v) is 10.8. The highest BCUT2D eigenvalue weighted by Crippen LogP contribution is 2.14. The molecule has 0 bridgehead atoms. The van der Waals surface area contributed by atoms with Crippen molar-refractivity contribution in [3.05, 3.63) is 59.7 Å². The lowest BCUT2D eigenvalue weighted by molar-refractivity contribution is -0.116. The highest BCUT2D eigenvalue weighted by atomic mass is 32.1. The van der Waals surface area contributed by atoms with Gasteiger partial charge < -0.3 is 10.1 Å². The molecule has 4 N–H and O–H groups in total. The Morgan fingerprint density at radius 1 is 0.906 bits per heavy atom. The molecule has 0 aliphatic heterocycles. The zero-order valence-corrected chi connectivity index (χ0v) is 19.2. The molecule has 170 valence electrons. The van der Waals surface area contributed by atoms with Gasteiger partial charge in [0.05, 0.1) is 6.10 Å². The van der Waals surface area contributed by atoms with Gasteiger partial charge in [0.15, 0.2) is 5.11 Å². The van der Waals surface area contributed by atoms with Crippen molar-refractivity contribution in [2.75, 3.05) is 5.32 Å². The summed E-state index contributed by atoms with van der Waals surface area (Å²) >= 11 is 5.05. The highest BCUT2D eigenvalue weighted by Gasteiger charge is 2.11. The molecule has 0 radical (unpaired) electrons. The standard InChI is InChI=1S/C23H28N4O4S/c1-4-5-6-20(28)24-18-11-7-17(8-12-18)22(30)26-27-23(32)25-21(29)16-9-13-19(14-10-16)31-15(2)3/h7-15H,4-6H2,1-3H3,(H,24,28)(H,26,30)(H2,25,27,29,32). The minimum absolute atomic E-state index is 0.0378. The van der Waals surface area contributed by atoms with E-state index in [1.54, 1.807) is 48.5 Å². The van der Waals surface area contributed by atoms with E-state index in [0.29, 0.717) is 29.0 Å². The Kier molecular flexibility index (Phi) is 9.62. The number of nitrogens with one attached hydrogen (secondary N) is 4. The van der Waals surface area contributed by atoms with Crippen LogP contribution in [0.5, 0.6) is 5.75 Å². The number of benzene rings is 2. The molecule has 0 heterocycles. The van der Waals surface area contributed by atoms with E-state index in [4.69, 9.17) is 17.0 Å². The van der Waals surface area contributed by atoms with E-state index in [9.17, 15) is 14.4 Å². The predicted molar refractivity (Wildman–Crippen MR) is 127 cm³/mol. The SMILES string of the molecule is CCCCC(=O)Nc1ccc(C(=O)NNC(=S)NC(=O)c2ccc(OC(C)C)cc2)cc1. The van der Waals surface area contributed by atoms with E-state index in [1.165, 1.54) is 0 Å². The second kappa shape index (κ2) is 12.4. The van der Waals surface area contributed by atoms with E-state index in [1.807, 2.05) is 20.8 Å². The number of unbranched alkanes of at least 4 members (excludes halogenated alkanes) is 1. The van der Waals surface area contributed by atoms with Crippen LogP contribution in [0, 0.1) is 0 Å². The Labute approximate surface area is 193 Å². The number of rotatable bonds is 8. The molecule has 2 rings (SSSR count). The molecule has 0 fully saturated rings. The second-order valence-corrected chi connectivity index (χ2v) is 7.69. The quantitative estimate of drug-likeness (QED) is 0.357. The molecule has 0 aliphatic carbocycles. The number of hydrogen-bond donors (Lipinski definition) is 4. The highest BCUT2D eigenvalue weighted by molar-refractivity contribution is 7.80. The van der Waals surface area contributed by atoms with E-state index < -0.39 is 11.8 Å². The van der Waals surface area contributed by atoms with Gasteiger partial charge >= 0.3 is 0 Å². The average Bonchev–Trinajstić information content (AvgIpc) is 2.76. The summed E-state index contributed by atoms with van der Waals surface area (Å²) in [7, 11) is 0. The Hall–Kier alpha value is -3.46. The van der Waals surface area contributed by atoms with E-state index in [0.717, 1.165) is 12.8 Å². The first-order valence-electron chi connectivity index (χ1n) is 10.4. The lowest BCUT2D eigenvalue weighted by Gasteiger charge is -2.12. The summed E-state index contributed by atoms with van der Waals surface area (Å²) in [5.74, 6) is -0.262. The molecule has 0 spiro atoms. The fourth-order valence-corrected chi connectivity index (χ4v) is 2.76. The fourth-order valence-electron chi connectivity index (χ4n) is 2.62. The van der Waals surface area contributed by atoms with Gasteiger partial charge in [0.1, 0.15) is 5.75 Å². The molecular weight excluding hydrogens is 428 g/mol. The third kappa shape index (κ3) is 8.35. The molecule has 2 aromatic rings. The van der Waals surface area contributed by atoms with Crippen LogP contribution in [0.15, 0.2) is 48.5 Å². The number of ether oxygens (including phenoxy) is 1. The minimum Gasteiger partial charge on any atom is -0.491 e. The fraction of sp³-hybridized carbons (Fsp3) is 0.304. The van der Waals surface area contributed by atoms with Gasteiger partial charge in [-0.15, -0.1) is 0 Å². The van der Waals surface area contributed by atoms with Gasteiger partial charge in [-0.1, -0.05) is 13.3 Å². The van der Waals surface area contributed by atoms with Crippen molar-refractivity contribution in [2.45, 2.75) is 46.1 Å². The lowest BCUT2D eigenvalue weighted by atomic mass is 10.2. The van der Waals surface area contributed by atoms with Crippen LogP contribution in [0.4, 0.5) is 5.69 Å². The maximum Gasteiger partial charge on any atom is 0.269 e. The minimum atomic E-state index is -0.444. The molecule has 32 heavy (non-hydrogen) atoms. The molecule has 0 saturated heterocycles. The van der Waals surface area contributed by atoms with Crippen LogP contribution in [-0.2, 0) is 4.79 Å². The van der Waals surface area contributed by atoms with Crippen LogP contribution >= 0.6 is 12.2 Å². The van der Waals surface area contributed by atoms with Crippen LogP contribution in [0.2, 0.25) is 0 Å². The van der Waals surface area contributed by atoms with Crippen molar-refractivity contribution in [2.24, 2.45) is 0 Å². The maximum atomic E-state index is 12.3. The van der Waals surface area contributed by atoms with E-state index in [-0.39, 0.29) is 17.1 Å². The summed E-state index contributed by atoms with van der Waals surface area (Å²) in [4.78, 5) is 36.3. The number of anilines is 1. The zero-order valence-electron chi connectivity index (χ0n) is 18.4. The molecule has 2 aromatic carbocycles. The van der Waals surface area contributed by atoms with Crippen LogP contribution in [0.3, 0.4) is 0 Å². The van der Waals surface area contributed by atoms with E-state index in [2.05, 4.69) is 21.5 Å². The van der Waals surface area contributed by atoms with Crippen LogP contribution < -0.4 is 26.2 Å². The van der Waals surface area contributed by atoms with Crippen molar-refractivity contribution in [1.82, 2.24) is 16.2 Å². The van der Waals surface area contributed by atoms with Gasteiger partial charge in [-0.2, -0.15) is 0 Å². The number of hydrazine groups is 1. The van der Waals surface area contributed by atoms with Crippen molar-refractivity contribution >= 4 is 40.7 Å². The molecule has 0 saturated carbocycles. The third-order valence-corrected chi connectivity index (χ3v) is 4.40. The zero-order chi connectivity index (χ0) is 23.5. The number of amides is 3. The number of carbonyl (C=O) groups excluding carboxylic acids is 3. The summed E-state index contributed by atoms with van der Waals surface area (Å²) in [5, 5.41) is 5.22. The Morgan fingerprint density at radius 2 is 1.50 bits per heavy atom. The Morgan fingerprint density at radius 3 is 2.09 bits per heavy atom. The van der Waals surface area contributed by atoms with Gasteiger partial charge in [-0.25, -0.2) is 0 Å². The first kappa shape index (κ1) is 24.8. The van der Waals surface area contributed by atoms with Crippen molar-refractivity contribution in [3.63, 3.8) is 0 Å². The lowest BCUT2D eigenvalue weighted by Crippen LogP contribution is -2.48. The normalized spacial score (nSPS) is 10.2. The summed E-state index contributed by atoms with van der Waals surface area (Å²) in [6, 6.07) is 13.1. The van der Waals surface area contributed by atoms with Crippen LogP contribution in [0.1, 0.15) is 60.7 Å². The molecule has 0 unspecified atom stereocenters. The predicted octanol–water partition coefficient (Wildman–Crippen LogP) is 3.55. The molecule has 0 atom stereocenters. The smallest absolute Gasteiger partial charge is 0.269 e. The molecule has 9 heteroatoms. The third-order valence-electron chi connectivity index (χ3n) is 4.19. The Balaban J connectivity index is 1.80. The summed E-state index contributed by atoms with van der Waals surface area (Å²) in [6.45, 7) is 5.85. The average molecular weight is 457 g/mol. The number of thiocarbonyl (C=S) groups is 1. The summed E-state index contributed by atoms with van der Waals surface area (Å²) in [5.41, 5.74) is 6.29. The second-order valence-electron chi connectivity index (χ2n) is 7.28. The molecule has 8 nitrogen and oxygen atoms in total. The topological polar surface area (TPSA) is 109 Å². The summed E-state index contributed by atoms with van der Waals surface area (Å²) in [6.07, 6.45) is 2.27. The van der Waals surface area contributed by atoms with Crippen LogP contribution in [-0.4, -0.2) is 28.9 Å². The molecule has 0 aliphatic rings. The van der Waals surface area contributed by atoms with Crippen molar-refractivity contribution in [3.8, 4) is 5.75 Å². The van der Waals surface area contributed by atoms with Gasteiger partial charge in [0, 0.05) is 23.2 Å². The monoisotopic (exact) mass is 456 g/mol. The maximum absolute atomic E-state index is 12.3. The van der Waals surface area contributed by atoms with Gasteiger partial charge in [-0.3, -0.25) is 30.6 Å². The Bertz CT molecular complexity index is 943. The first-order chi connectivity index (χ1) is 15.3. The molecular formula is C23H28N4O4S.